The number of Topliss-reactive ketones (excluding diaryl/α,β-unsaturated/α-hetero) is 1. The van der Waals surface area contributed by atoms with Gasteiger partial charge in [0, 0.05) is 30.3 Å². The van der Waals surface area contributed by atoms with Crippen LogP contribution < -0.4 is 10.2 Å². The molecule has 11 heteroatoms. The first-order valence-electron chi connectivity index (χ1n) is 11.1. The van der Waals surface area contributed by atoms with Crippen LogP contribution in [0, 0.1) is 16.6 Å². The number of nitroso groups, excluding NO2 is 1. The average Bonchev–Trinajstić information content (AvgIpc) is 3.44. The molecule has 2 aromatic carbocycles. The predicted molar refractivity (Wildman–Crippen MR) is 128 cm³/mol. The number of carbonyl (C=O) groups is 1. The summed E-state index contributed by atoms with van der Waals surface area (Å²) in [5, 5.41) is 10.4. The topological polar surface area (TPSA) is 118 Å². The van der Waals surface area contributed by atoms with E-state index in [2.05, 4.69) is 30.5 Å². The highest BCUT2D eigenvalue weighted by atomic mass is 19.1. The van der Waals surface area contributed by atoms with Gasteiger partial charge >= 0.3 is 0 Å². The van der Waals surface area contributed by atoms with Crippen LogP contribution in [-0.4, -0.2) is 43.6 Å². The molecule has 10 nitrogen and oxygen atoms in total. The number of nitrogens with zero attached hydrogens (tertiary/aromatic N) is 7. The summed E-state index contributed by atoms with van der Waals surface area (Å²) in [5.74, 6) is 0.169. The van der Waals surface area contributed by atoms with Crippen LogP contribution in [0.5, 0.6) is 0 Å². The van der Waals surface area contributed by atoms with Gasteiger partial charge in [0.25, 0.3) is 0 Å². The minimum atomic E-state index is -0.371. The molecule has 1 aliphatic heterocycles. The Kier molecular flexibility index (Phi) is 6.20. The molecule has 0 spiro atoms. The molecule has 1 N–H and O–H groups in total. The van der Waals surface area contributed by atoms with Crippen molar-refractivity contribution in [3.8, 4) is 5.69 Å². The summed E-state index contributed by atoms with van der Waals surface area (Å²) in [5.41, 5.74) is 2.16. The van der Waals surface area contributed by atoms with Gasteiger partial charge < -0.3 is 10.2 Å². The average molecular weight is 472 g/mol. The van der Waals surface area contributed by atoms with E-state index in [4.69, 9.17) is 0 Å². The first-order valence-corrected chi connectivity index (χ1v) is 11.1. The Hall–Kier alpha value is -4.54. The molecule has 0 bridgehead atoms. The number of piperidine rings is 1. The van der Waals surface area contributed by atoms with Crippen molar-refractivity contribution in [3.63, 3.8) is 0 Å². The molecule has 5 rings (SSSR count). The van der Waals surface area contributed by atoms with Crippen LogP contribution in [0.1, 0.15) is 23.2 Å². The molecular formula is C24H21FN8O2. The number of nitrogens with one attached hydrogen (secondary N) is 1. The zero-order chi connectivity index (χ0) is 24.2. The van der Waals surface area contributed by atoms with E-state index in [1.165, 1.54) is 36.9 Å². The molecule has 4 aromatic rings. The van der Waals surface area contributed by atoms with Gasteiger partial charge in [0.1, 0.15) is 24.8 Å². The van der Waals surface area contributed by atoms with Crippen LogP contribution in [0.4, 0.5) is 27.4 Å². The zero-order valence-electron chi connectivity index (χ0n) is 18.6. The van der Waals surface area contributed by atoms with Crippen molar-refractivity contribution in [2.75, 3.05) is 23.3 Å². The maximum absolute atomic E-state index is 13.2. The lowest BCUT2D eigenvalue weighted by Crippen LogP contribution is -2.37. The first kappa shape index (κ1) is 22.3. The third-order valence-corrected chi connectivity index (χ3v) is 6.00. The number of halogens is 1. The molecule has 0 amide bonds. The highest BCUT2D eigenvalue weighted by Gasteiger charge is 2.28. The normalized spacial score (nSPS) is 14.0. The Balaban J connectivity index is 1.28. The Morgan fingerprint density at radius 1 is 1.00 bits per heavy atom. The lowest BCUT2D eigenvalue weighted by molar-refractivity contribution is 0.0900. The van der Waals surface area contributed by atoms with Gasteiger partial charge in [0.15, 0.2) is 23.1 Å². The number of benzene rings is 2. The molecule has 176 valence electrons. The van der Waals surface area contributed by atoms with E-state index in [-0.39, 0.29) is 23.2 Å². The molecule has 0 saturated carbocycles. The van der Waals surface area contributed by atoms with Gasteiger partial charge in [0.2, 0.25) is 0 Å². The van der Waals surface area contributed by atoms with Crippen molar-refractivity contribution < 1.29 is 9.18 Å². The van der Waals surface area contributed by atoms with Gasteiger partial charge in [-0.05, 0) is 66.5 Å². The van der Waals surface area contributed by atoms with Gasteiger partial charge in [-0.2, -0.15) is 5.10 Å². The quantitative estimate of drug-likeness (QED) is 0.310. The molecule has 1 aliphatic rings. The Bertz CT molecular complexity index is 1320. The van der Waals surface area contributed by atoms with Gasteiger partial charge in [-0.25, -0.2) is 24.0 Å². The summed E-state index contributed by atoms with van der Waals surface area (Å²) in [4.78, 5) is 38.9. The van der Waals surface area contributed by atoms with Crippen LogP contribution in [-0.2, 0) is 0 Å². The maximum Gasteiger partial charge on any atom is 0.192 e. The molecule has 0 atom stereocenters. The molecule has 0 radical (unpaired) electrons. The van der Waals surface area contributed by atoms with E-state index in [0.717, 1.165) is 5.69 Å². The van der Waals surface area contributed by atoms with Gasteiger partial charge in [-0.1, -0.05) is 0 Å². The fraction of sp³-hybridized carbons (Fsp3) is 0.208. The standard InChI is InChI=1S/C24H21FN8O2/c25-18-3-1-16(2-4-18)22(34)17-9-11-32(12-10-17)24-21(31-35)23(27-14-28-24)30-19-5-7-20(8-6-19)33-15-26-13-29-33/h1-8,13-15,17H,9-12H2,(H,27,28,30). The summed E-state index contributed by atoms with van der Waals surface area (Å²) in [6.07, 6.45) is 5.62. The minimum absolute atomic E-state index is 0.00207. The number of anilines is 3. The van der Waals surface area contributed by atoms with E-state index in [1.807, 2.05) is 29.2 Å². The summed E-state index contributed by atoms with van der Waals surface area (Å²) in [6.45, 7) is 1.06. The largest absolute Gasteiger partial charge is 0.355 e. The Labute approximate surface area is 199 Å². The number of rotatable bonds is 7. The van der Waals surface area contributed by atoms with E-state index in [1.54, 1.807) is 11.0 Å². The zero-order valence-corrected chi connectivity index (χ0v) is 18.6. The molecular weight excluding hydrogens is 451 g/mol. The van der Waals surface area contributed by atoms with Crippen LogP contribution in [0.15, 0.2) is 72.7 Å². The highest BCUT2D eigenvalue weighted by Crippen LogP contribution is 2.36. The second kappa shape index (κ2) is 9.75. The van der Waals surface area contributed by atoms with Crippen LogP contribution >= 0.6 is 0 Å². The van der Waals surface area contributed by atoms with Crippen LogP contribution in [0.2, 0.25) is 0 Å². The first-order chi connectivity index (χ1) is 17.1. The van der Waals surface area contributed by atoms with Crippen LogP contribution in [0.3, 0.4) is 0 Å². The number of ketones is 1. The highest BCUT2D eigenvalue weighted by molar-refractivity contribution is 5.98. The second-order valence-electron chi connectivity index (χ2n) is 8.13. The SMILES string of the molecule is O=Nc1c(Nc2ccc(-n3cncn3)cc2)ncnc1N1CCC(C(=O)c2ccc(F)cc2)CC1. The molecule has 3 heterocycles. The van der Waals surface area contributed by atoms with Crippen molar-refractivity contribution in [3.05, 3.63) is 83.8 Å². The minimum Gasteiger partial charge on any atom is -0.355 e. The Morgan fingerprint density at radius 2 is 1.74 bits per heavy atom. The maximum atomic E-state index is 13.2. The number of hydrogen-bond acceptors (Lipinski definition) is 9. The molecule has 2 aromatic heterocycles. The summed E-state index contributed by atoms with van der Waals surface area (Å²) >= 11 is 0. The predicted octanol–water partition coefficient (Wildman–Crippen LogP) is 4.44. The summed E-state index contributed by atoms with van der Waals surface area (Å²) < 4.78 is 14.8. The van der Waals surface area contributed by atoms with Gasteiger partial charge in [-0.3, -0.25) is 4.79 Å². The fourth-order valence-corrected chi connectivity index (χ4v) is 4.16. The van der Waals surface area contributed by atoms with Crippen molar-refractivity contribution in [2.45, 2.75) is 12.8 Å². The Morgan fingerprint density at radius 3 is 2.40 bits per heavy atom. The van der Waals surface area contributed by atoms with E-state index in [0.29, 0.717) is 48.8 Å². The van der Waals surface area contributed by atoms with Gasteiger partial charge in [0.05, 0.1) is 5.69 Å². The van der Waals surface area contributed by atoms with Crippen molar-refractivity contribution in [1.29, 1.82) is 0 Å². The number of hydrogen-bond donors (Lipinski definition) is 1. The van der Waals surface area contributed by atoms with Crippen LogP contribution in [0.25, 0.3) is 5.69 Å². The second-order valence-corrected chi connectivity index (χ2v) is 8.13. The number of carbonyl (C=O) groups excluding carboxylic acids is 1. The lowest BCUT2D eigenvalue weighted by atomic mass is 9.89. The van der Waals surface area contributed by atoms with Crippen molar-refractivity contribution in [2.24, 2.45) is 11.1 Å². The summed E-state index contributed by atoms with van der Waals surface area (Å²) in [7, 11) is 0. The molecule has 0 aliphatic carbocycles. The third kappa shape index (κ3) is 4.74. The molecule has 1 saturated heterocycles. The van der Waals surface area contributed by atoms with E-state index >= 15 is 0 Å². The van der Waals surface area contributed by atoms with Crippen molar-refractivity contribution in [1.82, 2.24) is 24.7 Å². The lowest BCUT2D eigenvalue weighted by Gasteiger charge is -2.32. The van der Waals surface area contributed by atoms with E-state index in [9.17, 15) is 14.1 Å². The third-order valence-electron chi connectivity index (χ3n) is 6.00. The van der Waals surface area contributed by atoms with E-state index < -0.39 is 0 Å². The molecule has 35 heavy (non-hydrogen) atoms. The molecule has 1 fully saturated rings. The summed E-state index contributed by atoms with van der Waals surface area (Å²) in [6, 6.07) is 13.0. The smallest absolute Gasteiger partial charge is 0.192 e. The monoisotopic (exact) mass is 472 g/mol. The molecule has 0 unspecified atom stereocenters. The fourth-order valence-electron chi connectivity index (χ4n) is 4.16. The van der Waals surface area contributed by atoms with Crippen molar-refractivity contribution >= 4 is 28.8 Å². The number of aromatic nitrogens is 5. The van der Waals surface area contributed by atoms with Gasteiger partial charge in [-0.15, -0.1) is 4.91 Å².